The fourth-order valence-electron chi connectivity index (χ4n) is 3.43. The third-order valence-corrected chi connectivity index (χ3v) is 4.68. The number of nitrogens with zero attached hydrogens (tertiary/aromatic N) is 1. The molecule has 0 aromatic heterocycles. The molecule has 1 fully saturated rings. The van der Waals surface area contributed by atoms with Crippen molar-refractivity contribution in [1.29, 1.82) is 0 Å². The molecule has 3 aliphatic heterocycles. The van der Waals surface area contributed by atoms with Crippen LogP contribution in [0.3, 0.4) is 0 Å². The van der Waals surface area contributed by atoms with E-state index in [1.807, 2.05) is 36.4 Å². The molecule has 0 radical (unpaired) electrons. The van der Waals surface area contributed by atoms with E-state index in [1.165, 1.54) is 0 Å². The number of hydrogen-bond donors (Lipinski definition) is 1. The fraction of sp³-hybridized carbons (Fsp3) is 0.278. The zero-order valence-corrected chi connectivity index (χ0v) is 13.3. The summed E-state index contributed by atoms with van der Waals surface area (Å²) < 4.78 is 21.9. The molecule has 2 aromatic carbocycles. The Labute approximate surface area is 143 Å². The summed E-state index contributed by atoms with van der Waals surface area (Å²) in [7, 11) is 0. The van der Waals surface area contributed by atoms with Crippen LogP contribution in [0.2, 0.25) is 0 Å². The Kier molecular flexibility index (Phi) is 3.05. The smallest absolute Gasteiger partial charge is 0.247 e. The number of carbonyl (C=O) groups excluding carboxylic acids is 1. The first-order valence-corrected chi connectivity index (χ1v) is 8.10. The molecule has 128 valence electrons. The lowest BCUT2D eigenvalue weighted by atomic mass is 9.88. The molecule has 0 bridgehead atoms. The molecular formula is C18H16N2O5. The van der Waals surface area contributed by atoms with Crippen molar-refractivity contribution in [2.75, 3.05) is 24.9 Å². The minimum atomic E-state index is -0.589. The second kappa shape index (κ2) is 5.29. The summed E-state index contributed by atoms with van der Waals surface area (Å²) in [6, 6.07) is 10.3. The first kappa shape index (κ1) is 14.4. The van der Waals surface area contributed by atoms with Crippen molar-refractivity contribution in [3.8, 4) is 23.0 Å². The summed E-state index contributed by atoms with van der Waals surface area (Å²) in [4.78, 5) is 14.1. The molecule has 25 heavy (non-hydrogen) atoms. The topological polar surface area (TPSA) is 83.3 Å². The van der Waals surface area contributed by atoms with Gasteiger partial charge in [-0.05, 0) is 29.8 Å². The number of hydrogen-bond acceptors (Lipinski definition) is 6. The highest BCUT2D eigenvalue weighted by molar-refractivity contribution is 6.05. The predicted octanol–water partition coefficient (Wildman–Crippen LogP) is 1.60. The van der Waals surface area contributed by atoms with Gasteiger partial charge >= 0.3 is 0 Å². The minimum Gasteiger partial charge on any atom is -0.486 e. The number of ether oxygens (including phenoxy) is 4. The number of benzene rings is 2. The maximum atomic E-state index is 12.4. The number of amides is 1. The Hall–Kier alpha value is -2.93. The van der Waals surface area contributed by atoms with Gasteiger partial charge in [-0.2, -0.15) is 0 Å². The highest BCUT2D eigenvalue weighted by atomic mass is 16.7. The van der Waals surface area contributed by atoms with Crippen LogP contribution in [-0.4, -0.2) is 32.0 Å². The van der Waals surface area contributed by atoms with E-state index in [1.54, 1.807) is 4.90 Å². The molecule has 0 spiro atoms. The Bertz CT molecular complexity index is 869. The van der Waals surface area contributed by atoms with Gasteiger partial charge in [-0.25, -0.2) is 0 Å². The Morgan fingerprint density at radius 2 is 1.56 bits per heavy atom. The third kappa shape index (κ3) is 2.12. The highest BCUT2D eigenvalue weighted by Crippen LogP contribution is 2.44. The summed E-state index contributed by atoms with van der Waals surface area (Å²) in [5.41, 5.74) is 7.73. The van der Waals surface area contributed by atoms with E-state index in [2.05, 4.69) is 0 Å². The maximum absolute atomic E-state index is 12.4. The van der Waals surface area contributed by atoms with Crippen LogP contribution in [0.1, 0.15) is 11.6 Å². The molecule has 2 atom stereocenters. The molecule has 1 saturated heterocycles. The van der Waals surface area contributed by atoms with Gasteiger partial charge in [0.25, 0.3) is 0 Å². The molecular weight excluding hydrogens is 324 g/mol. The second-order valence-corrected chi connectivity index (χ2v) is 6.12. The largest absolute Gasteiger partial charge is 0.486 e. The van der Waals surface area contributed by atoms with E-state index in [9.17, 15) is 4.79 Å². The van der Waals surface area contributed by atoms with Crippen LogP contribution in [0.15, 0.2) is 36.4 Å². The normalized spacial score (nSPS) is 23.4. The van der Waals surface area contributed by atoms with E-state index in [-0.39, 0.29) is 18.7 Å². The monoisotopic (exact) mass is 340 g/mol. The SMILES string of the molecule is NC1C(=O)N(c2ccc3c(c2)OCCO3)C1c1ccc2c(c1)OCO2. The summed E-state index contributed by atoms with van der Waals surface area (Å²) in [5.74, 6) is 2.58. The molecule has 0 saturated carbocycles. The second-order valence-electron chi connectivity index (χ2n) is 6.12. The van der Waals surface area contributed by atoms with Crippen LogP contribution in [0, 0.1) is 0 Å². The number of rotatable bonds is 2. The van der Waals surface area contributed by atoms with Crippen LogP contribution in [0.4, 0.5) is 5.69 Å². The zero-order valence-electron chi connectivity index (χ0n) is 13.3. The lowest BCUT2D eigenvalue weighted by molar-refractivity contribution is -0.126. The molecule has 2 aromatic rings. The standard InChI is InChI=1S/C18H16N2O5/c19-16-17(10-1-3-13-14(7-10)25-9-24-13)20(18(16)21)11-2-4-12-15(8-11)23-6-5-22-12/h1-4,7-8,16-17H,5-6,9,19H2. The van der Waals surface area contributed by atoms with Crippen molar-refractivity contribution in [2.24, 2.45) is 5.73 Å². The molecule has 0 aliphatic carbocycles. The van der Waals surface area contributed by atoms with Gasteiger partial charge in [-0.15, -0.1) is 0 Å². The summed E-state index contributed by atoms with van der Waals surface area (Å²) >= 11 is 0. The van der Waals surface area contributed by atoms with Crippen LogP contribution < -0.4 is 29.6 Å². The number of anilines is 1. The van der Waals surface area contributed by atoms with Gasteiger partial charge in [0.1, 0.15) is 19.3 Å². The van der Waals surface area contributed by atoms with E-state index in [0.29, 0.717) is 36.2 Å². The molecule has 3 heterocycles. The van der Waals surface area contributed by atoms with Crippen LogP contribution in [0.5, 0.6) is 23.0 Å². The number of β-lactam (4-membered cyclic amide) rings is 1. The van der Waals surface area contributed by atoms with E-state index < -0.39 is 6.04 Å². The van der Waals surface area contributed by atoms with Crippen LogP contribution in [0.25, 0.3) is 0 Å². The fourth-order valence-corrected chi connectivity index (χ4v) is 3.43. The van der Waals surface area contributed by atoms with Crippen molar-refractivity contribution in [1.82, 2.24) is 0 Å². The highest BCUT2D eigenvalue weighted by Gasteiger charge is 2.47. The Balaban J connectivity index is 1.51. The van der Waals surface area contributed by atoms with Crippen molar-refractivity contribution in [3.05, 3.63) is 42.0 Å². The number of fused-ring (bicyclic) bond motifs is 2. The average Bonchev–Trinajstić information content (AvgIpc) is 3.12. The molecule has 5 rings (SSSR count). The van der Waals surface area contributed by atoms with Crippen molar-refractivity contribution < 1.29 is 23.7 Å². The van der Waals surface area contributed by atoms with E-state index in [0.717, 1.165) is 11.3 Å². The average molecular weight is 340 g/mol. The zero-order chi connectivity index (χ0) is 17.0. The predicted molar refractivity (Wildman–Crippen MR) is 88.2 cm³/mol. The number of carbonyl (C=O) groups is 1. The first-order valence-electron chi connectivity index (χ1n) is 8.10. The van der Waals surface area contributed by atoms with Crippen molar-refractivity contribution >= 4 is 11.6 Å². The lowest BCUT2D eigenvalue weighted by Gasteiger charge is -2.45. The van der Waals surface area contributed by atoms with Gasteiger partial charge in [0, 0.05) is 11.8 Å². The van der Waals surface area contributed by atoms with Crippen molar-refractivity contribution in [3.63, 3.8) is 0 Å². The van der Waals surface area contributed by atoms with Gasteiger partial charge in [-0.3, -0.25) is 4.79 Å². The third-order valence-electron chi connectivity index (χ3n) is 4.68. The summed E-state index contributed by atoms with van der Waals surface area (Å²) in [5, 5.41) is 0. The van der Waals surface area contributed by atoms with Gasteiger partial charge < -0.3 is 29.6 Å². The van der Waals surface area contributed by atoms with Gasteiger partial charge in [0.2, 0.25) is 12.7 Å². The molecule has 7 nitrogen and oxygen atoms in total. The summed E-state index contributed by atoms with van der Waals surface area (Å²) in [6.45, 7) is 1.23. The molecule has 2 N–H and O–H groups in total. The quantitative estimate of drug-likeness (QED) is 0.836. The summed E-state index contributed by atoms with van der Waals surface area (Å²) in [6.07, 6.45) is 0. The van der Waals surface area contributed by atoms with Crippen LogP contribution in [-0.2, 0) is 4.79 Å². The molecule has 7 heteroatoms. The molecule has 3 aliphatic rings. The van der Waals surface area contributed by atoms with Gasteiger partial charge in [0.15, 0.2) is 23.0 Å². The number of nitrogens with two attached hydrogens (primary N) is 1. The first-order chi connectivity index (χ1) is 12.2. The van der Waals surface area contributed by atoms with Gasteiger partial charge in [-0.1, -0.05) is 6.07 Å². The Morgan fingerprint density at radius 1 is 0.880 bits per heavy atom. The van der Waals surface area contributed by atoms with E-state index in [4.69, 9.17) is 24.7 Å². The molecule has 1 amide bonds. The lowest BCUT2D eigenvalue weighted by Crippen LogP contribution is -2.63. The van der Waals surface area contributed by atoms with E-state index >= 15 is 0 Å². The maximum Gasteiger partial charge on any atom is 0.247 e. The molecule has 2 unspecified atom stereocenters. The van der Waals surface area contributed by atoms with Crippen molar-refractivity contribution in [2.45, 2.75) is 12.1 Å². The minimum absolute atomic E-state index is 0.126. The Morgan fingerprint density at radius 3 is 2.44 bits per heavy atom. The van der Waals surface area contributed by atoms with Crippen LogP contribution >= 0.6 is 0 Å². The van der Waals surface area contributed by atoms with Gasteiger partial charge in [0.05, 0.1) is 6.04 Å².